The number of nitrogens with one attached hydrogen (secondary N) is 1. The highest BCUT2D eigenvalue weighted by Crippen LogP contribution is 2.35. The molecular formula is C11H19N3. The maximum absolute atomic E-state index is 4.51. The minimum absolute atomic E-state index is 0.967. The van der Waals surface area contributed by atoms with E-state index >= 15 is 0 Å². The Morgan fingerprint density at radius 2 is 1.86 bits per heavy atom. The second-order valence-corrected chi connectivity index (χ2v) is 4.84. The fraction of sp³-hybridized carbons (Fsp3) is 0.909. The zero-order valence-electron chi connectivity index (χ0n) is 8.71. The van der Waals surface area contributed by atoms with Crippen LogP contribution in [0.5, 0.6) is 0 Å². The molecule has 3 nitrogen and oxygen atoms in total. The standard InChI is InChI=1S/C11H19N3/c1-2-4-10-8-14(7-9(10)3-1)11-12-5-6-13-11/h9-10H,1-8H2,(H,12,13). The molecule has 1 aliphatic carbocycles. The Morgan fingerprint density at radius 3 is 2.43 bits per heavy atom. The third-order valence-electron chi connectivity index (χ3n) is 3.93. The third kappa shape index (κ3) is 1.39. The van der Waals surface area contributed by atoms with Gasteiger partial charge in [-0.2, -0.15) is 0 Å². The Kier molecular flexibility index (Phi) is 2.11. The summed E-state index contributed by atoms with van der Waals surface area (Å²) >= 11 is 0. The second-order valence-electron chi connectivity index (χ2n) is 4.84. The zero-order chi connectivity index (χ0) is 9.38. The first kappa shape index (κ1) is 8.57. The van der Waals surface area contributed by atoms with Crippen molar-refractivity contribution in [2.45, 2.75) is 25.7 Å². The molecule has 2 unspecified atom stereocenters. The number of rotatable bonds is 0. The lowest BCUT2D eigenvalue weighted by atomic mass is 9.82. The molecule has 2 heterocycles. The maximum atomic E-state index is 4.51. The number of guanidine groups is 1. The molecule has 2 atom stereocenters. The van der Waals surface area contributed by atoms with E-state index in [9.17, 15) is 0 Å². The Bertz CT molecular complexity index is 235. The van der Waals surface area contributed by atoms with E-state index in [1.165, 1.54) is 44.7 Å². The molecule has 1 N–H and O–H groups in total. The van der Waals surface area contributed by atoms with Crippen LogP contribution < -0.4 is 5.32 Å². The number of hydrogen-bond donors (Lipinski definition) is 1. The maximum Gasteiger partial charge on any atom is 0.194 e. The molecule has 0 aromatic rings. The van der Waals surface area contributed by atoms with Gasteiger partial charge in [-0.3, -0.25) is 4.99 Å². The first-order chi connectivity index (χ1) is 6.93. The molecule has 2 aliphatic heterocycles. The Balaban J connectivity index is 1.67. The van der Waals surface area contributed by atoms with Gasteiger partial charge in [-0.05, 0) is 24.7 Å². The number of likely N-dealkylation sites (tertiary alicyclic amines) is 1. The van der Waals surface area contributed by atoms with Crippen LogP contribution in [0.25, 0.3) is 0 Å². The summed E-state index contributed by atoms with van der Waals surface area (Å²) in [4.78, 5) is 6.99. The molecule has 3 rings (SSSR count). The molecule has 0 radical (unpaired) electrons. The second kappa shape index (κ2) is 3.44. The number of fused-ring (bicyclic) bond motifs is 1. The smallest absolute Gasteiger partial charge is 0.194 e. The van der Waals surface area contributed by atoms with Gasteiger partial charge in [0.2, 0.25) is 0 Å². The van der Waals surface area contributed by atoms with Crippen LogP contribution in [-0.2, 0) is 0 Å². The summed E-state index contributed by atoms with van der Waals surface area (Å²) < 4.78 is 0. The lowest BCUT2D eigenvalue weighted by Gasteiger charge is -2.22. The Labute approximate surface area is 85.6 Å². The molecule has 0 spiro atoms. The summed E-state index contributed by atoms with van der Waals surface area (Å²) in [5.74, 6) is 3.11. The van der Waals surface area contributed by atoms with Crippen LogP contribution in [0.1, 0.15) is 25.7 Å². The van der Waals surface area contributed by atoms with Gasteiger partial charge in [-0.15, -0.1) is 0 Å². The third-order valence-corrected chi connectivity index (χ3v) is 3.93. The topological polar surface area (TPSA) is 27.6 Å². The minimum atomic E-state index is 0.967. The highest BCUT2D eigenvalue weighted by Gasteiger charge is 2.35. The van der Waals surface area contributed by atoms with Crippen molar-refractivity contribution in [3.63, 3.8) is 0 Å². The number of hydrogen-bond acceptors (Lipinski definition) is 3. The summed E-state index contributed by atoms with van der Waals surface area (Å²) in [6.07, 6.45) is 5.81. The van der Waals surface area contributed by atoms with Crippen LogP contribution >= 0.6 is 0 Å². The molecule has 78 valence electrons. The summed E-state index contributed by atoms with van der Waals surface area (Å²) in [6, 6.07) is 0. The van der Waals surface area contributed by atoms with Gasteiger partial charge in [0, 0.05) is 19.6 Å². The van der Waals surface area contributed by atoms with Crippen LogP contribution in [0.4, 0.5) is 0 Å². The van der Waals surface area contributed by atoms with Gasteiger partial charge in [-0.1, -0.05) is 12.8 Å². The molecule has 0 bridgehead atoms. The molecule has 0 amide bonds. The quantitative estimate of drug-likeness (QED) is 0.623. The van der Waals surface area contributed by atoms with Crippen molar-refractivity contribution in [2.75, 3.05) is 26.2 Å². The van der Waals surface area contributed by atoms with E-state index in [0.717, 1.165) is 24.9 Å². The largest absolute Gasteiger partial charge is 0.354 e. The normalized spacial score (nSPS) is 36.6. The minimum Gasteiger partial charge on any atom is -0.354 e. The van der Waals surface area contributed by atoms with Crippen LogP contribution in [0.3, 0.4) is 0 Å². The van der Waals surface area contributed by atoms with Gasteiger partial charge in [0.15, 0.2) is 5.96 Å². The van der Waals surface area contributed by atoms with E-state index in [1.807, 2.05) is 0 Å². The van der Waals surface area contributed by atoms with Crippen molar-refractivity contribution >= 4 is 5.96 Å². The lowest BCUT2D eigenvalue weighted by Crippen LogP contribution is -2.37. The summed E-state index contributed by atoms with van der Waals surface area (Å²) in [7, 11) is 0. The molecule has 2 fully saturated rings. The van der Waals surface area contributed by atoms with E-state index in [2.05, 4.69) is 15.2 Å². The summed E-state index contributed by atoms with van der Waals surface area (Å²) in [5, 5.41) is 3.38. The number of aliphatic imine (C=N–C) groups is 1. The molecular weight excluding hydrogens is 174 g/mol. The van der Waals surface area contributed by atoms with Gasteiger partial charge >= 0.3 is 0 Å². The van der Waals surface area contributed by atoms with Crippen molar-refractivity contribution < 1.29 is 0 Å². The molecule has 3 aliphatic rings. The van der Waals surface area contributed by atoms with E-state index < -0.39 is 0 Å². The summed E-state index contributed by atoms with van der Waals surface area (Å²) in [6.45, 7) is 4.54. The van der Waals surface area contributed by atoms with Crippen LogP contribution in [0.2, 0.25) is 0 Å². The molecule has 0 aromatic heterocycles. The van der Waals surface area contributed by atoms with E-state index in [4.69, 9.17) is 0 Å². The first-order valence-electron chi connectivity index (χ1n) is 5.97. The highest BCUT2D eigenvalue weighted by atomic mass is 15.3. The van der Waals surface area contributed by atoms with Gasteiger partial charge in [0.05, 0.1) is 6.54 Å². The van der Waals surface area contributed by atoms with E-state index in [1.54, 1.807) is 0 Å². The van der Waals surface area contributed by atoms with Gasteiger partial charge in [-0.25, -0.2) is 0 Å². The monoisotopic (exact) mass is 193 g/mol. The fourth-order valence-corrected chi connectivity index (χ4v) is 3.18. The molecule has 14 heavy (non-hydrogen) atoms. The molecule has 3 heteroatoms. The average Bonchev–Trinajstić information content (AvgIpc) is 2.86. The predicted octanol–water partition coefficient (Wildman–Crippen LogP) is 1.07. The van der Waals surface area contributed by atoms with Crippen molar-refractivity contribution in [1.29, 1.82) is 0 Å². The molecule has 0 aromatic carbocycles. The highest BCUT2D eigenvalue weighted by molar-refractivity contribution is 5.81. The fourth-order valence-electron chi connectivity index (χ4n) is 3.18. The van der Waals surface area contributed by atoms with Gasteiger partial charge in [0.1, 0.15) is 0 Å². The average molecular weight is 193 g/mol. The van der Waals surface area contributed by atoms with Crippen LogP contribution in [0, 0.1) is 11.8 Å². The number of nitrogens with zero attached hydrogens (tertiary/aromatic N) is 2. The van der Waals surface area contributed by atoms with E-state index in [-0.39, 0.29) is 0 Å². The van der Waals surface area contributed by atoms with Crippen molar-refractivity contribution in [2.24, 2.45) is 16.8 Å². The first-order valence-corrected chi connectivity index (χ1v) is 5.97. The van der Waals surface area contributed by atoms with Gasteiger partial charge < -0.3 is 10.2 Å². The predicted molar refractivity (Wildman–Crippen MR) is 57.3 cm³/mol. The molecule has 1 saturated heterocycles. The van der Waals surface area contributed by atoms with Gasteiger partial charge in [0.25, 0.3) is 0 Å². The zero-order valence-corrected chi connectivity index (χ0v) is 8.71. The lowest BCUT2D eigenvalue weighted by molar-refractivity contribution is 0.299. The van der Waals surface area contributed by atoms with Crippen LogP contribution in [-0.4, -0.2) is 37.0 Å². The Hall–Kier alpha value is -0.730. The molecule has 1 saturated carbocycles. The Morgan fingerprint density at radius 1 is 1.14 bits per heavy atom. The van der Waals surface area contributed by atoms with E-state index in [0.29, 0.717) is 0 Å². The van der Waals surface area contributed by atoms with Crippen LogP contribution in [0.15, 0.2) is 4.99 Å². The van der Waals surface area contributed by atoms with Crippen molar-refractivity contribution in [3.05, 3.63) is 0 Å². The SMILES string of the molecule is C1CCC2CN(C3=NCCN3)CC2C1. The summed E-state index contributed by atoms with van der Waals surface area (Å²) in [5.41, 5.74) is 0. The van der Waals surface area contributed by atoms with Crippen molar-refractivity contribution in [1.82, 2.24) is 10.2 Å². The van der Waals surface area contributed by atoms with Crippen molar-refractivity contribution in [3.8, 4) is 0 Å².